The fraction of sp³-hybridized carbons (Fsp3) is 0.667. The van der Waals surface area contributed by atoms with Gasteiger partial charge in [-0.25, -0.2) is 0 Å². The van der Waals surface area contributed by atoms with Gasteiger partial charge in [-0.15, -0.1) is 0 Å². The monoisotopic (exact) mass is 355 g/mol. The van der Waals surface area contributed by atoms with Crippen LogP contribution in [0.3, 0.4) is 0 Å². The summed E-state index contributed by atoms with van der Waals surface area (Å²) in [5.41, 5.74) is 0.161. The number of benzene rings is 1. The molecule has 0 fully saturated rings. The highest BCUT2D eigenvalue weighted by Gasteiger charge is 2.04. The lowest BCUT2D eigenvalue weighted by molar-refractivity contribution is -0.384. The fourth-order valence-corrected chi connectivity index (χ4v) is 4.52. The summed E-state index contributed by atoms with van der Waals surface area (Å²) in [6.07, 6.45) is 13.7. The quantitative estimate of drug-likeness (QED) is 0.152. The van der Waals surface area contributed by atoms with Gasteiger partial charge in [-0.3, -0.25) is 10.1 Å². The highest BCUT2D eigenvalue weighted by atomic mass is 33.1. The van der Waals surface area contributed by atoms with E-state index in [9.17, 15) is 10.1 Å². The van der Waals surface area contributed by atoms with Crippen molar-refractivity contribution in [3.05, 3.63) is 34.4 Å². The summed E-state index contributed by atoms with van der Waals surface area (Å²) >= 11 is 0. The van der Waals surface area contributed by atoms with Gasteiger partial charge < -0.3 is 0 Å². The summed E-state index contributed by atoms with van der Waals surface area (Å²) in [6, 6.07) is 6.80. The minimum atomic E-state index is -0.356. The molecule has 0 saturated heterocycles. The second kappa shape index (κ2) is 13.7. The Morgan fingerprint density at radius 3 is 1.91 bits per heavy atom. The minimum Gasteiger partial charge on any atom is -0.258 e. The highest BCUT2D eigenvalue weighted by molar-refractivity contribution is 8.76. The Morgan fingerprint density at radius 1 is 0.870 bits per heavy atom. The average Bonchev–Trinajstić information content (AvgIpc) is 2.56. The molecule has 0 spiro atoms. The molecule has 0 atom stereocenters. The van der Waals surface area contributed by atoms with E-state index in [2.05, 4.69) is 6.92 Å². The van der Waals surface area contributed by atoms with Gasteiger partial charge in [0, 0.05) is 22.8 Å². The van der Waals surface area contributed by atoms with Crippen molar-refractivity contribution < 1.29 is 4.92 Å². The van der Waals surface area contributed by atoms with Crippen molar-refractivity contribution in [1.82, 2.24) is 0 Å². The van der Waals surface area contributed by atoms with Gasteiger partial charge in [-0.1, -0.05) is 86.3 Å². The van der Waals surface area contributed by atoms with Gasteiger partial charge in [-0.05, 0) is 18.6 Å². The zero-order valence-corrected chi connectivity index (χ0v) is 15.8. The van der Waals surface area contributed by atoms with Crippen molar-refractivity contribution in [1.29, 1.82) is 0 Å². The molecule has 0 unspecified atom stereocenters. The van der Waals surface area contributed by atoms with Gasteiger partial charge in [0.1, 0.15) is 0 Å². The number of rotatable bonds is 14. The van der Waals surface area contributed by atoms with E-state index >= 15 is 0 Å². The molecule has 0 aromatic heterocycles. The predicted molar refractivity (Wildman–Crippen MR) is 103 cm³/mol. The number of nitro groups is 1. The van der Waals surface area contributed by atoms with Crippen molar-refractivity contribution in [3.8, 4) is 0 Å². The molecule has 0 N–H and O–H groups in total. The van der Waals surface area contributed by atoms with Crippen molar-refractivity contribution in [2.45, 2.75) is 76.0 Å². The number of nitro benzene ring substituents is 1. The average molecular weight is 356 g/mol. The summed E-state index contributed by atoms with van der Waals surface area (Å²) in [6.45, 7) is 2.26. The normalized spacial score (nSPS) is 10.8. The van der Waals surface area contributed by atoms with Crippen LogP contribution in [0.1, 0.15) is 71.1 Å². The van der Waals surface area contributed by atoms with E-state index in [4.69, 9.17) is 0 Å². The zero-order valence-electron chi connectivity index (χ0n) is 14.2. The molecule has 1 rings (SSSR count). The topological polar surface area (TPSA) is 43.1 Å². The summed E-state index contributed by atoms with van der Waals surface area (Å²) in [5, 5.41) is 10.6. The summed E-state index contributed by atoms with van der Waals surface area (Å²) in [5.74, 6) is 1.15. The highest BCUT2D eigenvalue weighted by Crippen LogP contribution is 2.32. The predicted octanol–water partition coefficient (Wildman–Crippen LogP) is 7.26. The number of nitrogens with zero attached hydrogens (tertiary/aromatic N) is 1. The van der Waals surface area contributed by atoms with E-state index in [-0.39, 0.29) is 10.6 Å². The minimum absolute atomic E-state index is 0.161. The molecule has 0 radical (unpaired) electrons. The molecule has 3 nitrogen and oxygen atoms in total. The third kappa shape index (κ3) is 10.7. The SMILES string of the molecule is CCCCCCCCCCCCSSc1ccc([N+](=O)[O-])cc1. The summed E-state index contributed by atoms with van der Waals surface area (Å²) < 4.78 is 0. The van der Waals surface area contributed by atoms with E-state index in [0.717, 1.165) is 10.6 Å². The van der Waals surface area contributed by atoms with Gasteiger partial charge in [0.05, 0.1) is 4.92 Å². The molecule has 0 bridgehead atoms. The molecule has 130 valence electrons. The Hall–Kier alpha value is -0.680. The number of unbranched alkanes of at least 4 members (excludes halogenated alkanes) is 9. The van der Waals surface area contributed by atoms with Crippen molar-refractivity contribution >= 4 is 27.3 Å². The van der Waals surface area contributed by atoms with Crippen LogP contribution in [0.25, 0.3) is 0 Å². The molecule has 0 amide bonds. The lowest BCUT2D eigenvalue weighted by atomic mass is 10.1. The van der Waals surface area contributed by atoms with Crippen LogP contribution >= 0.6 is 21.6 Å². The summed E-state index contributed by atoms with van der Waals surface area (Å²) in [4.78, 5) is 11.3. The molecule has 5 heteroatoms. The van der Waals surface area contributed by atoms with Crippen LogP contribution in [0.4, 0.5) is 5.69 Å². The van der Waals surface area contributed by atoms with Crippen molar-refractivity contribution in [2.75, 3.05) is 5.75 Å². The smallest absolute Gasteiger partial charge is 0.258 e. The second-order valence-electron chi connectivity index (χ2n) is 5.84. The first-order chi connectivity index (χ1) is 11.2. The molecule has 1 aromatic carbocycles. The fourth-order valence-electron chi connectivity index (χ4n) is 2.38. The maximum atomic E-state index is 10.6. The number of hydrogen-bond donors (Lipinski definition) is 0. The van der Waals surface area contributed by atoms with Crippen LogP contribution in [-0.4, -0.2) is 10.7 Å². The van der Waals surface area contributed by atoms with Gasteiger partial charge in [0.25, 0.3) is 5.69 Å². The molecule has 1 aromatic rings. The van der Waals surface area contributed by atoms with Gasteiger partial charge in [0.2, 0.25) is 0 Å². The van der Waals surface area contributed by atoms with Crippen LogP contribution in [0.5, 0.6) is 0 Å². The zero-order chi connectivity index (χ0) is 16.8. The standard InChI is InChI=1S/C18H29NO2S2/c1-2-3-4-5-6-7-8-9-10-11-16-22-23-18-14-12-17(13-15-18)19(20)21/h12-15H,2-11,16H2,1H3. The van der Waals surface area contributed by atoms with Crippen LogP contribution in [0.15, 0.2) is 29.2 Å². The first-order valence-electron chi connectivity index (χ1n) is 8.78. The molecule has 0 aliphatic carbocycles. The number of hydrogen-bond acceptors (Lipinski definition) is 4. The van der Waals surface area contributed by atoms with Gasteiger partial charge in [0.15, 0.2) is 0 Å². The first kappa shape index (κ1) is 20.4. The number of non-ortho nitro benzene ring substituents is 1. The molecule has 0 saturated carbocycles. The Morgan fingerprint density at radius 2 is 1.39 bits per heavy atom. The Balaban J connectivity index is 1.90. The molecular weight excluding hydrogens is 326 g/mol. The molecule has 0 heterocycles. The van der Waals surface area contributed by atoms with Crippen molar-refractivity contribution in [3.63, 3.8) is 0 Å². The molecule has 23 heavy (non-hydrogen) atoms. The van der Waals surface area contributed by atoms with E-state index in [1.165, 1.54) is 64.2 Å². The Bertz CT molecular complexity index is 424. The molecular formula is C18H29NO2S2. The second-order valence-corrected chi connectivity index (χ2v) is 8.33. The van der Waals surface area contributed by atoms with Gasteiger partial charge >= 0.3 is 0 Å². The van der Waals surface area contributed by atoms with E-state index in [0.29, 0.717) is 0 Å². The molecule has 0 aliphatic rings. The van der Waals surface area contributed by atoms with E-state index in [1.807, 2.05) is 22.9 Å². The largest absolute Gasteiger partial charge is 0.269 e. The van der Waals surface area contributed by atoms with E-state index < -0.39 is 0 Å². The van der Waals surface area contributed by atoms with E-state index in [1.54, 1.807) is 22.9 Å². The van der Waals surface area contributed by atoms with Crippen LogP contribution in [0, 0.1) is 10.1 Å². The maximum Gasteiger partial charge on any atom is 0.269 e. The third-order valence-electron chi connectivity index (χ3n) is 3.78. The maximum absolute atomic E-state index is 10.6. The van der Waals surface area contributed by atoms with Crippen LogP contribution < -0.4 is 0 Å². The molecule has 0 aliphatic heterocycles. The first-order valence-corrected chi connectivity index (χ1v) is 11.1. The summed E-state index contributed by atoms with van der Waals surface area (Å²) in [7, 11) is 3.56. The van der Waals surface area contributed by atoms with Crippen molar-refractivity contribution in [2.24, 2.45) is 0 Å². The lowest BCUT2D eigenvalue weighted by Crippen LogP contribution is -1.86. The van der Waals surface area contributed by atoms with Crippen LogP contribution in [0.2, 0.25) is 0 Å². The Kier molecular flexibility index (Phi) is 12.2. The van der Waals surface area contributed by atoms with Gasteiger partial charge in [-0.2, -0.15) is 0 Å². The third-order valence-corrected chi connectivity index (χ3v) is 6.25. The van der Waals surface area contributed by atoms with Crippen LogP contribution in [-0.2, 0) is 0 Å². The lowest BCUT2D eigenvalue weighted by Gasteiger charge is -2.03. The Labute approximate surface area is 148 Å².